The van der Waals surface area contributed by atoms with E-state index >= 15 is 0 Å². The van der Waals surface area contributed by atoms with Gasteiger partial charge in [0, 0.05) is 11.7 Å². The molecule has 0 aliphatic carbocycles. The second kappa shape index (κ2) is 6.39. The third-order valence-corrected chi connectivity index (χ3v) is 2.88. The van der Waals surface area contributed by atoms with Gasteiger partial charge in [-0.1, -0.05) is 36.4 Å². The van der Waals surface area contributed by atoms with Crippen molar-refractivity contribution in [3.8, 4) is 0 Å². The monoisotopic (exact) mass is 283 g/mol. The first-order valence-corrected chi connectivity index (χ1v) is 7.00. The van der Waals surface area contributed by atoms with Crippen LogP contribution in [0.15, 0.2) is 54.7 Å². The molecule has 1 aromatic heterocycles. The topological polar surface area (TPSA) is 54.0 Å². The summed E-state index contributed by atoms with van der Waals surface area (Å²) in [5.74, 6) is 0. The van der Waals surface area contributed by atoms with Crippen LogP contribution in [0.25, 0.3) is 0 Å². The van der Waals surface area contributed by atoms with Crippen molar-refractivity contribution in [1.82, 2.24) is 15.6 Å². The number of aromatic nitrogens is 1. The first-order valence-electron chi connectivity index (χ1n) is 7.00. The Morgan fingerprint density at radius 2 is 1.71 bits per heavy atom. The normalized spacial score (nSPS) is 12.5. The quantitative estimate of drug-likeness (QED) is 0.908. The average molecular weight is 283 g/mol. The fraction of sp³-hybridized carbons (Fsp3) is 0.294. The molecule has 4 nitrogen and oxygen atoms in total. The summed E-state index contributed by atoms with van der Waals surface area (Å²) >= 11 is 0. The van der Waals surface area contributed by atoms with Crippen LogP contribution >= 0.6 is 0 Å². The number of carbonyl (C=O) groups is 1. The summed E-state index contributed by atoms with van der Waals surface area (Å²) in [6.07, 6.45) is 1.73. The molecule has 0 aliphatic rings. The molecule has 0 radical (unpaired) electrons. The van der Waals surface area contributed by atoms with Gasteiger partial charge in [-0.25, -0.2) is 4.79 Å². The first kappa shape index (κ1) is 15.0. The van der Waals surface area contributed by atoms with Crippen molar-refractivity contribution < 1.29 is 4.79 Å². The van der Waals surface area contributed by atoms with Crippen LogP contribution in [0.2, 0.25) is 0 Å². The minimum Gasteiger partial charge on any atom is -0.334 e. The van der Waals surface area contributed by atoms with E-state index in [1.54, 1.807) is 6.20 Å². The van der Waals surface area contributed by atoms with Gasteiger partial charge in [-0.3, -0.25) is 4.98 Å². The standard InChI is InChI=1S/C17H21N3O/c1-17(2,3)20-16(21)19-15(13-9-5-4-6-10-13)14-11-7-8-12-18-14/h4-12,15H,1-3H3,(H2,19,20,21). The van der Waals surface area contributed by atoms with E-state index in [4.69, 9.17) is 0 Å². The molecule has 0 saturated carbocycles. The van der Waals surface area contributed by atoms with E-state index in [1.807, 2.05) is 69.3 Å². The van der Waals surface area contributed by atoms with Gasteiger partial charge in [-0.2, -0.15) is 0 Å². The van der Waals surface area contributed by atoms with Gasteiger partial charge in [-0.15, -0.1) is 0 Å². The molecule has 0 spiro atoms. The van der Waals surface area contributed by atoms with Crippen LogP contribution < -0.4 is 10.6 Å². The van der Waals surface area contributed by atoms with Crippen molar-refractivity contribution in [3.05, 3.63) is 66.0 Å². The maximum absolute atomic E-state index is 12.2. The second-order valence-electron chi connectivity index (χ2n) is 5.95. The highest BCUT2D eigenvalue weighted by Crippen LogP contribution is 2.19. The SMILES string of the molecule is CC(C)(C)NC(=O)NC(c1ccccc1)c1ccccn1. The zero-order valence-corrected chi connectivity index (χ0v) is 12.6. The Kier molecular flexibility index (Phi) is 4.58. The molecule has 21 heavy (non-hydrogen) atoms. The Bertz CT molecular complexity index is 536. The molecule has 0 saturated heterocycles. The van der Waals surface area contributed by atoms with Gasteiger partial charge in [0.2, 0.25) is 0 Å². The molecule has 0 bridgehead atoms. The molecule has 1 aromatic carbocycles. The molecular weight excluding hydrogens is 262 g/mol. The number of nitrogens with one attached hydrogen (secondary N) is 2. The molecule has 110 valence electrons. The number of nitrogens with zero attached hydrogens (tertiary/aromatic N) is 1. The summed E-state index contributed by atoms with van der Waals surface area (Å²) in [6.45, 7) is 5.85. The van der Waals surface area contributed by atoms with Crippen LogP contribution in [0, 0.1) is 0 Å². The summed E-state index contributed by atoms with van der Waals surface area (Å²) in [5.41, 5.74) is 1.53. The molecule has 1 unspecified atom stereocenters. The summed E-state index contributed by atoms with van der Waals surface area (Å²) in [4.78, 5) is 16.5. The van der Waals surface area contributed by atoms with Crippen LogP contribution in [0.4, 0.5) is 4.79 Å². The van der Waals surface area contributed by atoms with Crippen molar-refractivity contribution in [3.63, 3.8) is 0 Å². The Hall–Kier alpha value is -2.36. The number of carbonyl (C=O) groups excluding carboxylic acids is 1. The summed E-state index contributed by atoms with van der Waals surface area (Å²) in [5, 5.41) is 5.90. The third kappa shape index (κ3) is 4.60. The second-order valence-corrected chi connectivity index (χ2v) is 5.95. The number of pyridine rings is 1. The van der Waals surface area contributed by atoms with Crippen molar-refractivity contribution in [2.24, 2.45) is 0 Å². The predicted molar refractivity (Wildman–Crippen MR) is 83.9 cm³/mol. The van der Waals surface area contributed by atoms with E-state index in [2.05, 4.69) is 15.6 Å². The van der Waals surface area contributed by atoms with Crippen molar-refractivity contribution >= 4 is 6.03 Å². The molecule has 2 rings (SSSR count). The molecule has 2 amide bonds. The zero-order valence-electron chi connectivity index (χ0n) is 12.6. The van der Waals surface area contributed by atoms with Crippen molar-refractivity contribution in [1.29, 1.82) is 0 Å². The minimum absolute atomic E-state index is 0.206. The Labute approximate surface area is 125 Å². The van der Waals surface area contributed by atoms with Crippen LogP contribution in [0.1, 0.15) is 38.1 Å². The average Bonchev–Trinajstić information content (AvgIpc) is 2.45. The minimum atomic E-state index is -0.282. The van der Waals surface area contributed by atoms with Gasteiger partial charge >= 0.3 is 6.03 Å². The number of rotatable bonds is 3. The highest BCUT2D eigenvalue weighted by Gasteiger charge is 2.20. The highest BCUT2D eigenvalue weighted by atomic mass is 16.2. The van der Waals surface area contributed by atoms with Gasteiger partial charge in [0.1, 0.15) is 0 Å². The number of hydrogen-bond acceptors (Lipinski definition) is 2. The lowest BCUT2D eigenvalue weighted by Gasteiger charge is -2.24. The van der Waals surface area contributed by atoms with Gasteiger partial charge in [0.05, 0.1) is 11.7 Å². The lowest BCUT2D eigenvalue weighted by Crippen LogP contribution is -2.47. The van der Waals surface area contributed by atoms with Crippen molar-refractivity contribution in [2.75, 3.05) is 0 Å². The number of benzene rings is 1. The van der Waals surface area contributed by atoms with Gasteiger partial charge in [0.25, 0.3) is 0 Å². The lowest BCUT2D eigenvalue weighted by atomic mass is 10.0. The van der Waals surface area contributed by atoms with E-state index in [-0.39, 0.29) is 17.6 Å². The zero-order chi connectivity index (χ0) is 15.3. The van der Waals surface area contributed by atoms with E-state index in [0.29, 0.717) is 0 Å². The first-order chi connectivity index (χ1) is 9.96. The number of hydrogen-bond donors (Lipinski definition) is 2. The Balaban J connectivity index is 2.24. The van der Waals surface area contributed by atoms with Gasteiger partial charge in [-0.05, 0) is 38.5 Å². The lowest BCUT2D eigenvalue weighted by molar-refractivity contribution is 0.229. The summed E-state index contributed by atoms with van der Waals surface area (Å²) < 4.78 is 0. The molecule has 2 aromatic rings. The van der Waals surface area contributed by atoms with Crippen LogP contribution in [0.5, 0.6) is 0 Å². The van der Waals surface area contributed by atoms with E-state index in [1.165, 1.54) is 0 Å². The van der Waals surface area contributed by atoms with E-state index < -0.39 is 0 Å². The molecule has 1 atom stereocenters. The fourth-order valence-electron chi connectivity index (χ4n) is 2.03. The molecule has 4 heteroatoms. The van der Waals surface area contributed by atoms with Crippen LogP contribution in [0.3, 0.4) is 0 Å². The Morgan fingerprint density at radius 1 is 1.05 bits per heavy atom. The molecular formula is C17H21N3O. The van der Waals surface area contributed by atoms with E-state index in [0.717, 1.165) is 11.3 Å². The van der Waals surface area contributed by atoms with Crippen LogP contribution in [-0.4, -0.2) is 16.6 Å². The summed E-state index contributed by atoms with van der Waals surface area (Å²) in [7, 11) is 0. The van der Waals surface area contributed by atoms with Crippen molar-refractivity contribution in [2.45, 2.75) is 32.4 Å². The maximum atomic E-state index is 12.2. The number of urea groups is 1. The third-order valence-electron chi connectivity index (χ3n) is 2.88. The van der Waals surface area contributed by atoms with E-state index in [9.17, 15) is 4.79 Å². The molecule has 1 heterocycles. The highest BCUT2D eigenvalue weighted by molar-refractivity contribution is 5.75. The maximum Gasteiger partial charge on any atom is 0.315 e. The largest absolute Gasteiger partial charge is 0.334 e. The smallest absolute Gasteiger partial charge is 0.315 e. The van der Waals surface area contributed by atoms with Gasteiger partial charge in [0.15, 0.2) is 0 Å². The van der Waals surface area contributed by atoms with Crippen LogP contribution in [-0.2, 0) is 0 Å². The molecule has 0 fully saturated rings. The predicted octanol–water partition coefficient (Wildman–Crippen LogP) is 3.27. The fourth-order valence-corrected chi connectivity index (χ4v) is 2.03. The molecule has 2 N–H and O–H groups in total. The number of amides is 2. The Morgan fingerprint density at radius 3 is 2.29 bits per heavy atom. The molecule has 0 aliphatic heterocycles. The van der Waals surface area contributed by atoms with Gasteiger partial charge < -0.3 is 10.6 Å². The summed E-state index contributed by atoms with van der Waals surface area (Å²) in [6, 6.07) is 15.0.